The van der Waals surface area contributed by atoms with Crippen LogP contribution in [0.5, 0.6) is 0 Å². The number of hydrogen-bond acceptors (Lipinski definition) is 5. The molecule has 0 saturated heterocycles. The first kappa shape index (κ1) is 19.7. The molecule has 0 radical (unpaired) electrons. The molecule has 1 amide bonds. The van der Waals surface area contributed by atoms with Crippen molar-refractivity contribution in [1.82, 2.24) is 5.32 Å². The molecule has 0 unspecified atom stereocenters. The molecule has 0 spiro atoms. The molecule has 0 atom stereocenters. The van der Waals surface area contributed by atoms with Gasteiger partial charge in [-0.05, 0) is 42.5 Å². The van der Waals surface area contributed by atoms with E-state index in [9.17, 15) is 17.6 Å². The highest BCUT2D eigenvalue weighted by molar-refractivity contribution is 7.92. The van der Waals surface area contributed by atoms with E-state index < -0.39 is 21.7 Å². The molecule has 4 rings (SSSR count). The lowest BCUT2D eigenvalue weighted by molar-refractivity contribution is 0.0964. The van der Waals surface area contributed by atoms with Crippen LogP contribution in [-0.2, 0) is 10.0 Å². The van der Waals surface area contributed by atoms with E-state index >= 15 is 0 Å². The summed E-state index contributed by atoms with van der Waals surface area (Å²) >= 11 is 0. The van der Waals surface area contributed by atoms with Gasteiger partial charge in [0.1, 0.15) is 22.9 Å². The van der Waals surface area contributed by atoms with Crippen LogP contribution in [0.4, 0.5) is 10.1 Å². The summed E-state index contributed by atoms with van der Waals surface area (Å²) in [5, 5.41) is 3.04. The molecule has 0 fully saturated rings. The number of amides is 1. The Morgan fingerprint density at radius 2 is 1.83 bits per heavy atom. The summed E-state index contributed by atoms with van der Waals surface area (Å²) in [6, 6.07) is 12.0. The molecule has 2 N–H and O–H groups in total. The molecule has 2 aromatic heterocycles. The first-order valence-electron chi connectivity index (χ1n) is 8.87. The number of carbonyl (C=O) groups excluding carboxylic acids is 1. The van der Waals surface area contributed by atoms with Crippen LogP contribution in [0.15, 0.2) is 63.6 Å². The Balaban J connectivity index is 2.03. The summed E-state index contributed by atoms with van der Waals surface area (Å²) in [6.45, 7) is 0. The Bertz CT molecular complexity index is 1340. The average Bonchev–Trinajstić information content (AvgIpc) is 3.33. The Labute approximate surface area is 171 Å². The van der Waals surface area contributed by atoms with Gasteiger partial charge in [-0.15, -0.1) is 0 Å². The fraction of sp³-hybridized carbons (Fsp3) is 0.0952. The van der Waals surface area contributed by atoms with E-state index in [1.165, 1.54) is 43.6 Å². The fourth-order valence-corrected chi connectivity index (χ4v) is 3.79. The SMILES string of the molecule is CNC(=O)c1c(-c2ccc(F)cc2)oc2cc(NS(C)(=O)=O)c(-c3ccco3)cc12. The molecule has 7 nitrogen and oxygen atoms in total. The maximum Gasteiger partial charge on any atom is 0.255 e. The molecule has 9 heteroatoms. The van der Waals surface area contributed by atoms with E-state index in [1.54, 1.807) is 18.2 Å². The minimum atomic E-state index is -3.59. The number of fused-ring (bicyclic) bond motifs is 1. The Kier molecular flexibility index (Phi) is 4.83. The molecule has 0 aliphatic carbocycles. The van der Waals surface area contributed by atoms with Gasteiger partial charge < -0.3 is 14.2 Å². The zero-order valence-corrected chi connectivity index (χ0v) is 16.8. The second kappa shape index (κ2) is 7.34. The van der Waals surface area contributed by atoms with Crippen molar-refractivity contribution in [3.8, 4) is 22.6 Å². The van der Waals surface area contributed by atoms with Gasteiger partial charge in [0.25, 0.3) is 5.91 Å². The van der Waals surface area contributed by atoms with E-state index in [-0.39, 0.29) is 22.6 Å². The van der Waals surface area contributed by atoms with Gasteiger partial charge in [-0.25, -0.2) is 12.8 Å². The molecule has 30 heavy (non-hydrogen) atoms. The number of carbonyl (C=O) groups is 1. The number of nitrogens with one attached hydrogen (secondary N) is 2. The van der Waals surface area contributed by atoms with Gasteiger partial charge in [0, 0.05) is 29.6 Å². The Morgan fingerprint density at radius 1 is 1.10 bits per heavy atom. The summed E-state index contributed by atoms with van der Waals surface area (Å²) in [5.41, 5.74) is 1.72. The largest absolute Gasteiger partial charge is 0.464 e. The van der Waals surface area contributed by atoms with Gasteiger partial charge in [0.15, 0.2) is 0 Å². The summed E-state index contributed by atoms with van der Waals surface area (Å²) < 4.78 is 50.9. The minimum Gasteiger partial charge on any atom is -0.464 e. The van der Waals surface area contributed by atoms with Gasteiger partial charge in [0.2, 0.25) is 10.0 Å². The van der Waals surface area contributed by atoms with Crippen molar-refractivity contribution >= 4 is 32.6 Å². The lowest BCUT2D eigenvalue weighted by Crippen LogP contribution is -2.18. The van der Waals surface area contributed by atoms with Crippen LogP contribution in [0.3, 0.4) is 0 Å². The van der Waals surface area contributed by atoms with E-state index in [2.05, 4.69) is 10.0 Å². The normalized spacial score (nSPS) is 11.6. The second-order valence-electron chi connectivity index (χ2n) is 6.64. The maximum atomic E-state index is 13.4. The van der Waals surface area contributed by atoms with Crippen molar-refractivity contribution in [3.05, 3.63) is 66.2 Å². The summed E-state index contributed by atoms with van der Waals surface area (Å²) in [7, 11) is -2.11. The molecule has 4 aromatic rings. The van der Waals surface area contributed by atoms with Gasteiger partial charge >= 0.3 is 0 Å². The summed E-state index contributed by atoms with van der Waals surface area (Å²) in [5.74, 6) is -0.167. The van der Waals surface area contributed by atoms with Gasteiger partial charge in [-0.1, -0.05) is 0 Å². The molecule has 154 valence electrons. The third-order valence-electron chi connectivity index (χ3n) is 4.47. The van der Waals surface area contributed by atoms with Crippen molar-refractivity contribution in [2.75, 3.05) is 18.0 Å². The number of benzene rings is 2. The number of hydrogen-bond donors (Lipinski definition) is 2. The number of halogens is 1. The van der Waals surface area contributed by atoms with E-state index in [4.69, 9.17) is 8.83 Å². The van der Waals surface area contributed by atoms with Crippen molar-refractivity contribution < 1.29 is 26.4 Å². The monoisotopic (exact) mass is 428 g/mol. The van der Waals surface area contributed by atoms with Crippen molar-refractivity contribution in [1.29, 1.82) is 0 Å². The highest BCUT2D eigenvalue weighted by atomic mass is 32.2. The highest BCUT2D eigenvalue weighted by Gasteiger charge is 2.24. The second-order valence-corrected chi connectivity index (χ2v) is 8.39. The standard InChI is InChI=1S/C21H17FN2O5S/c1-23-21(25)19-15-10-14(17-4-3-9-28-17)16(24-30(2,26)27)11-18(15)29-20(19)12-5-7-13(22)8-6-12/h3-11,24H,1-2H3,(H,23,25). The van der Waals surface area contributed by atoms with Crippen LogP contribution in [0.2, 0.25) is 0 Å². The molecule has 0 aliphatic heterocycles. The number of anilines is 1. The number of rotatable bonds is 5. The number of sulfonamides is 1. The average molecular weight is 428 g/mol. The van der Waals surface area contributed by atoms with E-state index in [1.807, 2.05) is 0 Å². The van der Waals surface area contributed by atoms with Crippen LogP contribution in [0.25, 0.3) is 33.6 Å². The zero-order chi connectivity index (χ0) is 21.5. The lowest BCUT2D eigenvalue weighted by atomic mass is 10.0. The molecular formula is C21H17FN2O5S. The van der Waals surface area contributed by atoms with Gasteiger partial charge in [0.05, 0.1) is 23.8 Å². The van der Waals surface area contributed by atoms with Gasteiger partial charge in [-0.2, -0.15) is 0 Å². The molecule has 0 bridgehead atoms. The summed E-state index contributed by atoms with van der Waals surface area (Å²) in [4.78, 5) is 12.7. The first-order chi connectivity index (χ1) is 14.3. The molecule has 0 aliphatic rings. The first-order valence-corrected chi connectivity index (χ1v) is 10.8. The fourth-order valence-electron chi connectivity index (χ4n) is 3.22. The van der Waals surface area contributed by atoms with E-state index in [0.717, 1.165) is 6.26 Å². The van der Waals surface area contributed by atoms with Crippen LogP contribution < -0.4 is 10.0 Å². The molecule has 2 aromatic carbocycles. The molecule has 2 heterocycles. The van der Waals surface area contributed by atoms with Crippen LogP contribution in [-0.4, -0.2) is 27.6 Å². The van der Waals surface area contributed by atoms with Crippen molar-refractivity contribution in [2.45, 2.75) is 0 Å². The predicted octanol–water partition coefficient (Wildman–Crippen LogP) is 4.23. The predicted molar refractivity (Wildman–Crippen MR) is 111 cm³/mol. The molecular weight excluding hydrogens is 411 g/mol. The van der Waals surface area contributed by atoms with Crippen LogP contribution >= 0.6 is 0 Å². The zero-order valence-electron chi connectivity index (χ0n) is 16.0. The maximum absolute atomic E-state index is 13.4. The van der Waals surface area contributed by atoms with Crippen LogP contribution in [0.1, 0.15) is 10.4 Å². The van der Waals surface area contributed by atoms with Crippen molar-refractivity contribution in [3.63, 3.8) is 0 Å². The third-order valence-corrected chi connectivity index (χ3v) is 5.06. The smallest absolute Gasteiger partial charge is 0.255 e. The summed E-state index contributed by atoms with van der Waals surface area (Å²) in [6.07, 6.45) is 2.49. The lowest BCUT2D eigenvalue weighted by Gasteiger charge is -2.09. The minimum absolute atomic E-state index is 0.239. The third kappa shape index (κ3) is 3.67. The Morgan fingerprint density at radius 3 is 2.43 bits per heavy atom. The van der Waals surface area contributed by atoms with E-state index in [0.29, 0.717) is 22.3 Å². The highest BCUT2D eigenvalue weighted by Crippen LogP contribution is 2.40. The topological polar surface area (TPSA) is 102 Å². The number of furan rings is 2. The quantitative estimate of drug-likeness (QED) is 0.495. The van der Waals surface area contributed by atoms with Crippen LogP contribution in [0, 0.1) is 5.82 Å². The Hall–Kier alpha value is -3.59. The van der Waals surface area contributed by atoms with Gasteiger partial charge in [-0.3, -0.25) is 9.52 Å². The van der Waals surface area contributed by atoms with Crippen molar-refractivity contribution in [2.24, 2.45) is 0 Å². The molecule has 0 saturated carbocycles.